The molecule has 6 heteroatoms. The Hall–Kier alpha value is -2.53. The minimum absolute atomic E-state index is 0.303. The monoisotopic (exact) mass is 346 g/mol. The zero-order valence-corrected chi connectivity index (χ0v) is 14.5. The number of aryl methyl sites for hydroxylation is 2. The molecule has 0 bridgehead atoms. The lowest BCUT2D eigenvalue weighted by Gasteiger charge is -2.11. The molecule has 24 heavy (non-hydrogen) atoms. The van der Waals surface area contributed by atoms with Crippen molar-refractivity contribution in [2.24, 2.45) is 0 Å². The molecule has 0 saturated heterocycles. The van der Waals surface area contributed by atoms with Crippen LogP contribution in [0.15, 0.2) is 36.4 Å². The Balaban J connectivity index is 1.99. The molecule has 0 aromatic heterocycles. The van der Waals surface area contributed by atoms with Crippen molar-refractivity contribution < 1.29 is 14.3 Å². The minimum Gasteiger partial charge on any atom is -0.495 e. The van der Waals surface area contributed by atoms with Gasteiger partial charge in [-0.2, -0.15) is 0 Å². The number of carbonyl (C=O) groups is 2. The Bertz CT molecular complexity index is 775. The highest BCUT2D eigenvalue weighted by atomic mass is 35.5. The van der Waals surface area contributed by atoms with Crippen LogP contribution >= 0.6 is 11.6 Å². The number of benzene rings is 2. The summed E-state index contributed by atoms with van der Waals surface area (Å²) >= 11 is 5.91. The fourth-order valence-electron chi connectivity index (χ4n) is 2.27. The van der Waals surface area contributed by atoms with E-state index < -0.39 is 5.91 Å². The quantitative estimate of drug-likeness (QED) is 0.806. The Kier molecular flexibility index (Phi) is 5.82. The molecule has 0 aliphatic carbocycles. The molecule has 5 nitrogen and oxygen atoms in total. The van der Waals surface area contributed by atoms with Crippen molar-refractivity contribution in [3.8, 4) is 5.75 Å². The fourth-order valence-corrected chi connectivity index (χ4v) is 2.44. The summed E-state index contributed by atoms with van der Waals surface area (Å²) in [6.07, 6.45) is -0.303. The van der Waals surface area contributed by atoms with E-state index in [-0.39, 0.29) is 12.3 Å². The summed E-state index contributed by atoms with van der Waals surface area (Å²) in [4.78, 5) is 24.1. The summed E-state index contributed by atoms with van der Waals surface area (Å²) in [5.41, 5.74) is 3.17. The Morgan fingerprint density at radius 2 is 1.67 bits per heavy atom. The molecule has 0 aliphatic heterocycles. The van der Waals surface area contributed by atoms with Crippen LogP contribution in [0.2, 0.25) is 5.02 Å². The van der Waals surface area contributed by atoms with Gasteiger partial charge in [-0.05, 0) is 43.7 Å². The number of hydrogen-bond acceptors (Lipinski definition) is 3. The van der Waals surface area contributed by atoms with E-state index in [4.69, 9.17) is 16.3 Å². The number of rotatable bonds is 5. The SMILES string of the molecule is COc1ccc(Cl)cc1NC(=O)CC(=O)Nc1ccc(C)cc1C. The predicted octanol–water partition coefficient (Wildman–Crippen LogP) is 3.93. The number of nitrogens with one attached hydrogen (secondary N) is 2. The molecule has 0 aliphatic rings. The van der Waals surface area contributed by atoms with Crippen LogP contribution in [0.5, 0.6) is 5.75 Å². The van der Waals surface area contributed by atoms with E-state index in [1.54, 1.807) is 18.2 Å². The molecule has 0 saturated carbocycles. The topological polar surface area (TPSA) is 67.4 Å². The summed E-state index contributed by atoms with van der Waals surface area (Å²) in [6, 6.07) is 10.6. The maximum Gasteiger partial charge on any atom is 0.233 e. The average Bonchev–Trinajstić information content (AvgIpc) is 2.50. The van der Waals surface area contributed by atoms with Crippen LogP contribution < -0.4 is 15.4 Å². The average molecular weight is 347 g/mol. The first-order valence-electron chi connectivity index (χ1n) is 7.39. The summed E-state index contributed by atoms with van der Waals surface area (Å²) < 4.78 is 5.15. The van der Waals surface area contributed by atoms with E-state index in [0.717, 1.165) is 11.1 Å². The van der Waals surface area contributed by atoms with Crippen LogP contribution in [-0.2, 0) is 9.59 Å². The van der Waals surface area contributed by atoms with Gasteiger partial charge >= 0.3 is 0 Å². The summed E-state index contributed by atoms with van der Waals surface area (Å²) in [5, 5.41) is 5.83. The first-order valence-corrected chi connectivity index (χ1v) is 7.77. The van der Waals surface area contributed by atoms with Crippen molar-refractivity contribution in [2.45, 2.75) is 20.3 Å². The lowest BCUT2D eigenvalue weighted by molar-refractivity contribution is -0.123. The van der Waals surface area contributed by atoms with E-state index in [1.807, 2.05) is 32.0 Å². The lowest BCUT2D eigenvalue weighted by Crippen LogP contribution is -2.22. The number of methoxy groups -OCH3 is 1. The first-order chi connectivity index (χ1) is 11.4. The second kappa shape index (κ2) is 7.84. The highest BCUT2D eigenvalue weighted by Crippen LogP contribution is 2.27. The van der Waals surface area contributed by atoms with E-state index in [0.29, 0.717) is 22.1 Å². The molecule has 0 fully saturated rings. The van der Waals surface area contributed by atoms with Crippen LogP contribution in [0.1, 0.15) is 17.5 Å². The van der Waals surface area contributed by atoms with E-state index >= 15 is 0 Å². The van der Waals surface area contributed by atoms with Crippen LogP contribution in [0, 0.1) is 13.8 Å². The van der Waals surface area contributed by atoms with Crippen LogP contribution in [0.3, 0.4) is 0 Å². The van der Waals surface area contributed by atoms with Crippen LogP contribution in [0.4, 0.5) is 11.4 Å². The second-order valence-electron chi connectivity index (χ2n) is 5.44. The van der Waals surface area contributed by atoms with Gasteiger partial charge in [0.1, 0.15) is 12.2 Å². The first kappa shape index (κ1) is 17.8. The van der Waals surface area contributed by atoms with Crippen molar-refractivity contribution in [1.82, 2.24) is 0 Å². The van der Waals surface area contributed by atoms with Gasteiger partial charge < -0.3 is 15.4 Å². The van der Waals surface area contributed by atoms with Crippen molar-refractivity contribution in [1.29, 1.82) is 0 Å². The predicted molar refractivity (Wildman–Crippen MR) is 95.8 cm³/mol. The Morgan fingerprint density at radius 1 is 1.00 bits per heavy atom. The van der Waals surface area contributed by atoms with Gasteiger partial charge in [0.2, 0.25) is 11.8 Å². The number of ether oxygens (including phenoxy) is 1. The molecule has 2 amide bonds. The van der Waals surface area contributed by atoms with Gasteiger partial charge in [-0.25, -0.2) is 0 Å². The molecule has 126 valence electrons. The van der Waals surface area contributed by atoms with Gasteiger partial charge in [0.05, 0.1) is 12.8 Å². The maximum atomic E-state index is 12.1. The van der Waals surface area contributed by atoms with Crippen molar-refractivity contribution in [3.05, 3.63) is 52.5 Å². The minimum atomic E-state index is -0.446. The van der Waals surface area contributed by atoms with Gasteiger partial charge in [-0.3, -0.25) is 9.59 Å². The maximum absolute atomic E-state index is 12.1. The van der Waals surface area contributed by atoms with Gasteiger partial charge in [0.25, 0.3) is 0 Å². The van der Waals surface area contributed by atoms with Gasteiger partial charge in [0.15, 0.2) is 0 Å². The third kappa shape index (κ3) is 4.73. The normalized spacial score (nSPS) is 10.2. The standard InChI is InChI=1S/C18H19ClN2O3/c1-11-4-6-14(12(2)8-11)20-17(22)10-18(23)21-15-9-13(19)5-7-16(15)24-3/h4-9H,10H2,1-3H3,(H,20,22)(H,21,23). The van der Waals surface area contributed by atoms with Crippen molar-refractivity contribution in [3.63, 3.8) is 0 Å². The smallest absolute Gasteiger partial charge is 0.233 e. The van der Waals surface area contributed by atoms with E-state index in [9.17, 15) is 9.59 Å². The Morgan fingerprint density at radius 3 is 2.29 bits per heavy atom. The number of hydrogen-bond donors (Lipinski definition) is 2. The molecular formula is C18H19ClN2O3. The van der Waals surface area contributed by atoms with Crippen molar-refractivity contribution >= 4 is 34.8 Å². The Labute approximate surface area is 146 Å². The number of halogens is 1. The molecule has 0 radical (unpaired) electrons. The molecule has 2 aromatic carbocycles. The molecule has 0 unspecified atom stereocenters. The number of amides is 2. The molecule has 0 atom stereocenters. The fraction of sp³-hybridized carbons (Fsp3) is 0.222. The third-order valence-corrected chi connectivity index (χ3v) is 3.65. The zero-order chi connectivity index (χ0) is 17.7. The molecule has 0 spiro atoms. The van der Waals surface area contributed by atoms with E-state index in [1.165, 1.54) is 7.11 Å². The molecule has 2 rings (SSSR count). The highest BCUT2D eigenvalue weighted by Gasteiger charge is 2.13. The van der Waals surface area contributed by atoms with Crippen LogP contribution in [0.25, 0.3) is 0 Å². The molecular weight excluding hydrogens is 328 g/mol. The summed E-state index contributed by atoms with van der Waals surface area (Å²) in [5.74, 6) is -0.360. The molecule has 2 aromatic rings. The molecule has 2 N–H and O–H groups in total. The van der Waals surface area contributed by atoms with Gasteiger partial charge in [-0.1, -0.05) is 29.3 Å². The third-order valence-electron chi connectivity index (χ3n) is 3.41. The highest BCUT2D eigenvalue weighted by molar-refractivity contribution is 6.31. The largest absolute Gasteiger partial charge is 0.495 e. The van der Waals surface area contributed by atoms with Gasteiger partial charge in [-0.15, -0.1) is 0 Å². The molecule has 0 heterocycles. The van der Waals surface area contributed by atoms with Crippen molar-refractivity contribution in [2.75, 3.05) is 17.7 Å². The number of anilines is 2. The summed E-state index contributed by atoms with van der Waals surface area (Å²) in [7, 11) is 1.49. The van der Waals surface area contributed by atoms with Gasteiger partial charge in [0, 0.05) is 10.7 Å². The summed E-state index contributed by atoms with van der Waals surface area (Å²) in [6.45, 7) is 3.88. The number of carbonyl (C=O) groups excluding carboxylic acids is 2. The van der Waals surface area contributed by atoms with Crippen LogP contribution in [-0.4, -0.2) is 18.9 Å². The second-order valence-corrected chi connectivity index (χ2v) is 5.87. The zero-order valence-electron chi connectivity index (χ0n) is 13.8. The lowest BCUT2D eigenvalue weighted by atomic mass is 10.1. The van der Waals surface area contributed by atoms with E-state index in [2.05, 4.69) is 10.6 Å².